The molecule has 1 aromatic rings. The Morgan fingerprint density at radius 3 is 2.67 bits per heavy atom. The van der Waals surface area contributed by atoms with Gasteiger partial charge in [-0.2, -0.15) is 12.6 Å². The fourth-order valence-corrected chi connectivity index (χ4v) is 5.24. The van der Waals surface area contributed by atoms with Gasteiger partial charge in [-0.15, -0.1) is 0 Å². The van der Waals surface area contributed by atoms with E-state index < -0.39 is 8.40 Å². The summed E-state index contributed by atoms with van der Waals surface area (Å²) in [5, 5.41) is 11.6. The average molecular weight is 244 g/mol. The molecule has 0 atom stereocenters. The van der Waals surface area contributed by atoms with E-state index in [2.05, 4.69) is 26.5 Å². The van der Waals surface area contributed by atoms with E-state index in [1.807, 2.05) is 0 Å². The van der Waals surface area contributed by atoms with E-state index in [0.717, 1.165) is 30.8 Å². The van der Waals surface area contributed by atoms with Crippen LogP contribution in [0.1, 0.15) is 29.1 Å². The van der Waals surface area contributed by atoms with Gasteiger partial charge in [0.15, 0.2) is 0 Å². The first-order valence-electron chi connectivity index (χ1n) is 5.50. The van der Waals surface area contributed by atoms with E-state index in [1.165, 1.54) is 16.6 Å². The second-order valence-corrected chi connectivity index (χ2v) is 7.04. The van der Waals surface area contributed by atoms with Gasteiger partial charge < -0.3 is 9.52 Å². The van der Waals surface area contributed by atoms with E-state index in [-0.39, 0.29) is 6.61 Å². The van der Waals surface area contributed by atoms with Crippen LogP contribution in [0, 0.1) is 13.8 Å². The molecule has 0 radical (unpaired) electrons. The smallest absolute Gasteiger partial charge is 0.0988 e. The molecule has 2 nitrogen and oxygen atoms in total. The topological polar surface area (TPSA) is 33.4 Å². The van der Waals surface area contributed by atoms with Gasteiger partial charge in [-0.3, -0.25) is 0 Å². The van der Waals surface area contributed by atoms with E-state index in [4.69, 9.17) is 9.52 Å². The molecule has 0 aliphatic rings. The number of aliphatic hydroxyl groups is 1. The Hall–Kier alpha value is -0.0631. The molecular weight excluding hydrogens is 224 g/mol. The molecule has 0 aliphatic heterocycles. The molecule has 0 fully saturated rings. The van der Waals surface area contributed by atoms with Crippen molar-refractivity contribution in [2.45, 2.75) is 39.2 Å². The third kappa shape index (κ3) is 3.47. The van der Waals surface area contributed by atoms with Crippen molar-refractivity contribution in [3.05, 3.63) is 16.3 Å². The molecule has 0 amide bonds. The maximum Gasteiger partial charge on any atom is 0.0988 e. The predicted molar refractivity (Wildman–Crippen MR) is 68.0 cm³/mol. The Bertz CT molecular complexity index is 281. The maximum atomic E-state index is 8.87. The molecule has 86 valence electrons. The molecule has 1 aromatic heterocycles. The van der Waals surface area contributed by atoms with Crippen LogP contribution in [-0.2, 0) is 12.5 Å². The normalized spacial score (nSPS) is 10.9. The zero-order chi connectivity index (χ0) is 11.3. The summed E-state index contributed by atoms with van der Waals surface area (Å²) < 4.78 is 5.72. The van der Waals surface area contributed by atoms with Crippen molar-refractivity contribution in [1.82, 2.24) is 0 Å². The standard InChI is InChI=1S/C11H20O2SSi/c1-9-11(5-3-6-12)15(8-4-7-14)10(2)13-9/h12,14H,3-8H2,1-2H3. The van der Waals surface area contributed by atoms with Crippen molar-refractivity contribution in [3.8, 4) is 0 Å². The van der Waals surface area contributed by atoms with Gasteiger partial charge in [0, 0.05) is 6.61 Å². The minimum absolute atomic E-state index is 0.275. The van der Waals surface area contributed by atoms with Gasteiger partial charge in [-0.05, 0) is 50.1 Å². The van der Waals surface area contributed by atoms with E-state index >= 15 is 0 Å². The number of aliphatic hydroxyl groups excluding tert-OH is 1. The zero-order valence-electron chi connectivity index (χ0n) is 9.55. The molecule has 15 heavy (non-hydrogen) atoms. The van der Waals surface area contributed by atoms with Crippen LogP contribution in [-0.4, -0.2) is 25.9 Å². The zero-order valence-corrected chi connectivity index (χ0v) is 11.4. The van der Waals surface area contributed by atoms with Gasteiger partial charge in [0.1, 0.15) is 0 Å². The fourth-order valence-electron chi connectivity index (χ4n) is 1.94. The van der Waals surface area contributed by atoms with Gasteiger partial charge in [0.05, 0.1) is 19.5 Å². The Kier molecular flexibility index (Phi) is 5.64. The van der Waals surface area contributed by atoms with Crippen LogP contribution < -0.4 is 0 Å². The lowest BCUT2D eigenvalue weighted by molar-refractivity contribution is 0.288. The highest BCUT2D eigenvalue weighted by Gasteiger charge is 2.14. The van der Waals surface area contributed by atoms with E-state index in [1.54, 1.807) is 0 Å². The highest BCUT2D eigenvalue weighted by molar-refractivity contribution is 7.80. The number of thiol groups is 1. The molecule has 4 heteroatoms. The summed E-state index contributed by atoms with van der Waals surface area (Å²) >= 11 is 4.26. The fraction of sp³-hybridized carbons (Fsp3) is 0.727. The molecule has 0 saturated carbocycles. The summed E-state index contributed by atoms with van der Waals surface area (Å²) in [5.41, 5.74) is 0. The average Bonchev–Trinajstić information content (AvgIpc) is 2.47. The Balaban J connectivity index is 2.80. The lowest BCUT2D eigenvalue weighted by Crippen LogP contribution is -2.08. The Morgan fingerprint density at radius 1 is 1.33 bits per heavy atom. The molecule has 0 bridgehead atoms. The number of hydrogen-bond acceptors (Lipinski definition) is 3. The molecule has 0 saturated heterocycles. The number of rotatable bonds is 6. The van der Waals surface area contributed by atoms with Crippen molar-refractivity contribution in [2.75, 3.05) is 12.4 Å². The van der Waals surface area contributed by atoms with Gasteiger partial charge in [0.2, 0.25) is 0 Å². The molecule has 0 aromatic carbocycles. The minimum Gasteiger partial charge on any atom is -0.472 e. The Labute approximate surface area is 98.6 Å². The van der Waals surface area contributed by atoms with Crippen molar-refractivity contribution in [2.24, 2.45) is 0 Å². The summed E-state index contributed by atoms with van der Waals surface area (Å²) in [7, 11) is -0.598. The van der Waals surface area contributed by atoms with Crippen LogP contribution in [0.3, 0.4) is 0 Å². The SMILES string of the molecule is Cc1oc(C)[si](CCCS)c1CCCO. The predicted octanol–water partition coefficient (Wildman–Crippen LogP) is 2.17. The van der Waals surface area contributed by atoms with Crippen LogP contribution in [0.5, 0.6) is 0 Å². The highest BCUT2D eigenvalue weighted by atomic mass is 32.1. The van der Waals surface area contributed by atoms with Crippen LogP contribution in [0.25, 0.3) is 0 Å². The summed E-state index contributed by atoms with van der Waals surface area (Å²) in [6.07, 6.45) is 3.02. The third-order valence-corrected chi connectivity index (χ3v) is 6.14. The number of aryl methyl sites for hydroxylation is 2. The van der Waals surface area contributed by atoms with Crippen molar-refractivity contribution in [1.29, 1.82) is 0 Å². The summed E-state index contributed by atoms with van der Waals surface area (Å²) in [5.74, 6) is 2.04. The van der Waals surface area contributed by atoms with Crippen LogP contribution >= 0.6 is 12.6 Å². The third-order valence-electron chi connectivity index (χ3n) is 2.69. The van der Waals surface area contributed by atoms with Gasteiger partial charge in [0.25, 0.3) is 0 Å². The quantitative estimate of drug-likeness (QED) is 0.594. The molecule has 0 spiro atoms. The second-order valence-electron chi connectivity index (χ2n) is 3.83. The van der Waals surface area contributed by atoms with Gasteiger partial charge >= 0.3 is 0 Å². The number of hydrogen-bond donors (Lipinski definition) is 2. The van der Waals surface area contributed by atoms with Crippen molar-refractivity contribution >= 4 is 21.0 Å². The van der Waals surface area contributed by atoms with Gasteiger partial charge in [-0.25, -0.2) is 0 Å². The lowest BCUT2D eigenvalue weighted by Gasteiger charge is -2.02. The lowest BCUT2D eigenvalue weighted by atomic mass is 10.2. The van der Waals surface area contributed by atoms with Crippen molar-refractivity contribution in [3.63, 3.8) is 0 Å². The first-order chi connectivity index (χ1) is 7.20. The van der Waals surface area contributed by atoms with Crippen molar-refractivity contribution < 1.29 is 9.52 Å². The molecule has 0 unspecified atom stereocenters. The molecule has 1 rings (SSSR count). The minimum atomic E-state index is -0.598. The monoisotopic (exact) mass is 244 g/mol. The first kappa shape index (κ1) is 13.0. The maximum absolute atomic E-state index is 8.87. The molecule has 1 heterocycles. The van der Waals surface area contributed by atoms with Crippen LogP contribution in [0.4, 0.5) is 0 Å². The summed E-state index contributed by atoms with van der Waals surface area (Å²) in [6, 6.07) is 1.22. The van der Waals surface area contributed by atoms with E-state index in [9.17, 15) is 0 Å². The highest BCUT2D eigenvalue weighted by Crippen LogP contribution is 2.16. The Morgan fingerprint density at radius 2 is 2.07 bits per heavy atom. The largest absolute Gasteiger partial charge is 0.472 e. The molecule has 1 N–H and O–H groups in total. The molecule has 0 aliphatic carbocycles. The first-order valence-corrected chi connectivity index (χ1v) is 7.84. The van der Waals surface area contributed by atoms with E-state index in [0.29, 0.717) is 0 Å². The van der Waals surface area contributed by atoms with Crippen LogP contribution in [0.15, 0.2) is 4.42 Å². The summed E-state index contributed by atoms with van der Waals surface area (Å²) in [6.45, 7) is 4.42. The summed E-state index contributed by atoms with van der Waals surface area (Å²) in [4.78, 5) is 0. The second kappa shape index (κ2) is 6.50. The molecular formula is C11H20O2SSi. The van der Waals surface area contributed by atoms with Gasteiger partial charge in [-0.1, -0.05) is 0 Å². The van der Waals surface area contributed by atoms with Crippen LogP contribution in [0.2, 0.25) is 0 Å².